The van der Waals surface area contributed by atoms with Crippen LogP contribution in [-0.4, -0.2) is 26.9 Å². The lowest BCUT2D eigenvalue weighted by molar-refractivity contribution is 0.421. The van der Waals surface area contributed by atoms with Crippen LogP contribution >= 0.6 is 0 Å². The van der Waals surface area contributed by atoms with Crippen molar-refractivity contribution in [1.29, 1.82) is 0 Å². The number of hydrogen-bond acceptors (Lipinski definition) is 5. The lowest BCUT2D eigenvalue weighted by Gasteiger charge is -1.89. The van der Waals surface area contributed by atoms with Gasteiger partial charge in [-0.25, -0.2) is 0 Å². The predicted molar refractivity (Wildman–Crippen MR) is 54.0 cm³/mol. The molecular weight excluding hydrogens is 194 g/mol. The number of nitrogens with one attached hydrogen (secondary N) is 1. The van der Waals surface area contributed by atoms with Gasteiger partial charge in [0.15, 0.2) is 5.82 Å². The fourth-order valence-electron chi connectivity index (χ4n) is 1.29. The summed E-state index contributed by atoms with van der Waals surface area (Å²) < 4.78 is 5.12. The third-order valence-corrected chi connectivity index (χ3v) is 2.13. The van der Waals surface area contributed by atoms with E-state index in [1.165, 1.54) is 0 Å². The molecule has 80 valence electrons. The number of aromatic nitrogens is 4. The Morgan fingerprint density at radius 2 is 2.40 bits per heavy atom. The second-order valence-corrected chi connectivity index (χ2v) is 3.32. The summed E-state index contributed by atoms with van der Waals surface area (Å²) in [5.41, 5.74) is 7.17. The van der Waals surface area contributed by atoms with E-state index in [-0.39, 0.29) is 0 Å². The summed E-state index contributed by atoms with van der Waals surface area (Å²) in [5.74, 6) is 1.20. The molecule has 15 heavy (non-hydrogen) atoms. The normalized spacial score (nSPS) is 10.8. The van der Waals surface area contributed by atoms with Gasteiger partial charge >= 0.3 is 0 Å². The fraction of sp³-hybridized carbons (Fsp3) is 0.444. The summed E-state index contributed by atoms with van der Waals surface area (Å²) in [6.07, 6.45) is 3.29. The van der Waals surface area contributed by atoms with Crippen LogP contribution in [0.25, 0.3) is 11.5 Å². The minimum absolute atomic E-state index is 0.508. The van der Waals surface area contributed by atoms with Gasteiger partial charge in [0, 0.05) is 12.1 Å². The summed E-state index contributed by atoms with van der Waals surface area (Å²) in [6.45, 7) is 2.54. The van der Waals surface area contributed by atoms with Crippen LogP contribution in [0.3, 0.4) is 0 Å². The highest BCUT2D eigenvalue weighted by molar-refractivity contribution is 5.54. The Morgan fingerprint density at radius 3 is 3.07 bits per heavy atom. The van der Waals surface area contributed by atoms with Crippen LogP contribution in [0.15, 0.2) is 10.7 Å². The summed E-state index contributed by atoms with van der Waals surface area (Å²) in [6, 6.07) is 0. The molecule has 0 aliphatic rings. The van der Waals surface area contributed by atoms with Gasteiger partial charge in [0.2, 0.25) is 0 Å². The lowest BCUT2D eigenvalue weighted by atomic mass is 10.2. The molecule has 0 aliphatic carbocycles. The van der Waals surface area contributed by atoms with Gasteiger partial charge in [0.25, 0.3) is 5.89 Å². The molecule has 0 fully saturated rings. The molecule has 6 nitrogen and oxygen atoms in total. The minimum atomic E-state index is 0.508. The van der Waals surface area contributed by atoms with Crippen molar-refractivity contribution in [3.8, 4) is 11.5 Å². The standard InChI is InChI=1S/C9H13N5O/c1-6-7(5-11-13-6)9-12-8(14-15-9)3-2-4-10/h5H,2-4,10H2,1H3,(H,11,13). The number of hydrogen-bond donors (Lipinski definition) is 2. The van der Waals surface area contributed by atoms with Crippen LogP contribution in [0.5, 0.6) is 0 Å². The summed E-state index contributed by atoms with van der Waals surface area (Å²) in [4.78, 5) is 4.26. The zero-order chi connectivity index (χ0) is 10.7. The van der Waals surface area contributed by atoms with E-state index in [0.29, 0.717) is 18.3 Å². The molecule has 2 aromatic rings. The number of nitrogens with zero attached hydrogens (tertiary/aromatic N) is 3. The highest BCUT2D eigenvalue weighted by atomic mass is 16.5. The molecule has 0 unspecified atom stereocenters. The van der Waals surface area contributed by atoms with E-state index in [4.69, 9.17) is 10.3 Å². The maximum atomic E-state index is 5.40. The third kappa shape index (κ3) is 2.04. The zero-order valence-electron chi connectivity index (χ0n) is 8.53. The maximum Gasteiger partial charge on any atom is 0.261 e. The van der Waals surface area contributed by atoms with Gasteiger partial charge in [-0.05, 0) is 19.9 Å². The molecule has 0 aliphatic heterocycles. The van der Waals surface area contributed by atoms with Gasteiger partial charge in [-0.15, -0.1) is 0 Å². The van der Waals surface area contributed by atoms with Crippen LogP contribution in [-0.2, 0) is 6.42 Å². The van der Waals surface area contributed by atoms with Crippen LogP contribution in [0.4, 0.5) is 0 Å². The van der Waals surface area contributed by atoms with Gasteiger partial charge in [-0.2, -0.15) is 10.1 Å². The average Bonchev–Trinajstić information content (AvgIpc) is 2.83. The van der Waals surface area contributed by atoms with Crippen molar-refractivity contribution in [3.05, 3.63) is 17.7 Å². The molecule has 3 N–H and O–H groups in total. The number of rotatable bonds is 4. The van der Waals surface area contributed by atoms with Gasteiger partial charge in [-0.3, -0.25) is 5.10 Å². The summed E-state index contributed by atoms with van der Waals surface area (Å²) >= 11 is 0. The van der Waals surface area contributed by atoms with Crippen molar-refractivity contribution in [1.82, 2.24) is 20.3 Å². The molecule has 0 saturated heterocycles. The largest absolute Gasteiger partial charge is 0.334 e. The van der Waals surface area contributed by atoms with Crippen molar-refractivity contribution >= 4 is 0 Å². The molecule has 0 radical (unpaired) electrons. The van der Waals surface area contributed by atoms with E-state index in [2.05, 4.69) is 20.3 Å². The zero-order valence-corrected chi connectivity index (χ0v) is 8.53. The van der Waals surface area contributed by atoms with E-state index in [1.807, 2.05) is 6.92 Å². The SMILES string of the molecule is Cc1[nH]ncc1-c1nc(CCCN)no1. The lowest BCUT2D eigenvalue weighted by Crippen LogP contribution is -2.01. The Labute approximate surface area is 86.9 Å². The number of nitrogens with two attached hydrogens (primary N) is 1. The Morgan fingerprint density at radius 1 is 1.53 bits per heavy atom. The van der Waals surface area contributed by atoms with E-state index >= 15 is 0 Å². The van der Waals surface area contributed by atoms with Crippen molar-refractivity contribution in [3.63, 3.8) is 0 Å². The molecular formula is C9H13N5O. The number of aromatic amines is 1. The fourth-order valence-corrected chi connectivity index (χ4v) is 1.29. The summed E-state index contributed by atoms with van der Waals surface area (Å²) in [5, 5.41) is 10.6. The van der Waals surface area contributed by atoms with Crippen molar-refractivity contribution in [2.45, 2.75) is 19.8 Å². The van der Waals surface area contributed by atoms with Crippen molar-refractivity contribution < 1.29 is 4.52 Å². The quantitative estimate of drug-likeness (QED) is 0.768. The van der Waals surface area contributed by atoms with Crippen LogP contribution in [0, 0.1) is 6.92 Å². The Bertz CT molecular complexity index is 433. The van der Waals surface area contributed by atoms with Crippen LogP contribution < -0.4 is 5.73 Å². The van der Waals surface area contributed by atoms with Gasteiger partial charge < -0.3 is 10.3 Å². The smallest absolute Gasteiger partial charge is 0.261 e. The highest BCUT2D eigenvalue weighted by Crippen LogP contribution is 2.18. The van der Waals surface area contributed by atoms with Gasteiger partial charge in [-0.1, -0.05) is 5.16 Å². The Hall–Kier alpha value is -1.69. The number of H-pyrrole nitrogens is 1. The van der Waals surface area contributed by atoms with E-state index in [9.17, 15) is 0 Å². The monoisotopic (exact) mass is 207 g/mol. The predicted octanol–water partition coefficient (Wildman–Crippen LogP) is 0.659. The molecule has 2 rings (SSSR count). The molecule has 6 heteroatoms. The first kappa shape index (κ1) is 9.85. The Kier molecular flexibility index (Phi) is 2.77. The first-order valence-corrected chi connectivity index (χ1v) is 4.84. The molecule has 0 amide bonds. The second-order valence-electron chi connectivity index (χ2n) is 3.32. The van der Waals surface area contributed by atoms with E-state index in [1.54, 1.807) is 6.20 Å². The Balaban J connectivity index is 2.17. The first-order chi connectivity index (χ1) is 7.31. The van der Waals surface area contributed by atoms with E-state index in [0.717, 1.165) is 24.1 Å². The van der Waals surface area contributed by atoms with Gasteiger partial charge in [0.1, 0.15) is 0 Å². The van der Waals surface area contributed by atoms with Crippen molar-refractivity contribution in [2.75, 3.05) is 6.54 Å². The van der Waals surface area contributed by atoms with Crippen molar-refractivity contribution in [2.24, 2.45) is 5.73 Å². The average molecular weight is 207 g/mol. The van der Waals surface area contributed by atoms with Crippen LogP contribution in [0.2, 0.25) is 0 Å². The molecule has 0 aromatic carbocycles. The molecule has 0 atom stereocenters. The third-order valence-electron chi connectivity index (χ3n) is 2.13. The van der Waals surface area contributed by atoms with Gasteiger partial charge in [0.05, 0.1) is 11.8 Å². The molecule has 0 spiro atoms. The molecule has 0 bridgehead atoms. The summed E-state index contributed by atoms with van der Waals surface area (Å²) in [7, 11) is 0. The second kappa shape index (κ2) is 4.22. The highest BCUT2D eigenvalue weighted by Gasteiger charge is 2.11. The maximum absolute atomic E-state index is 5.40. The minimum Gasteiger partial charge on any atom is -0.334 e. The number of aryl methyl sites for hydroxylation is 2. The molecule has 2 aromatic heterocycles. The van der Waals surface area contributed by atoms with E-state index < -0.39 is 0 Å². The first-order valence-electron chi connectivity index (χ1n) is 4.84. The molecule has 0 saturated carbocycles. The topological polar surface area (TPSA) is 93.6 Å². The van der Waals surface area contributed by atoms with Crippen LogP contribution in [0.1, 0.15) is 17.9 Å². The molecule has 2 heterocycles.